The number of aryl methyl sites for hydroxylation is 1. The van der Waals surface area contributed by atoms with Crippen LogP contribution in [0.2, 0.25) is 0 Å². The van der Waals surface area contributed by atoms with Gasteiger partial charge in [0.05, 0.1) is 33.5 Å². The van der Waals surface area contributed by atoms with Crippen LogP contribution in [0.15, 0.2) is 206 Å². The Morgan fingerprint density at radius 2 is 0.754 bits per heavy atom. The number of pyridine rings is 1. The molecule has 8 aromatic carbocycles. The molecule has 0 radical (unpaired) electrons. The van der Waals surface area contributed by atoms with Gasteiger partial charge in [0.15, 0.2) is 0 Å². The Bertz CT molecular complexity index is 3200. The molecule has 11 aromatic rings. The van der Waals surface area contributed by atoms with Gasteiger partial charge in [0.2, 0.25) is 0 Å². The van der Waals surface area contributed by atoms with E-state index in [1.807, 2.05) is 6.07 Å². The summed E-state index contributed by atoms with van der Waals surface area (Å²) in [5.41, 5.74) is 17.1. The minimum Gasteiger partial charge on any atom is -0.309 e. The van der Waals surface area contributed by atoms with Crippen molar-refractivity contribution in [3.05, 3.63) is 212 Å². The van der Waals surface area contributed by atoms with Crippen molar-refractivity contribution in [1.29, 1.82) is 0 Å². The summed E-state index contributed by atoms with van der Waals surface area (Å²) in [6.07, 6.45) is 0. The Morgan fingerprint density at radius 3 is 1.42 bits per heavy atom. The van der Waals surface area contributed by atoms with Crippen LogP contribution in [0.5, 0.6) is 0 Å². The Morgan fingerprint density at radius 1 is 0.298 bits per heavy atom. The second-order valence-corrected chi connectivity index (χ2v) is 14.9. The molecule has 3 heteroatoms. The molecule has 0 fully saturated rings. The highest BCUT2D eigenvalue weighted by Gasteiger charge is 2.17. The number of nitrogens with zero attached hydrogens (tertiary/aromatic N) is 3. The molecular weight excluding hydrogens is 691 g/mol. The molecular formula is C54H37N3. The van der Waals surface area contributed by atoms with Crippen LogP contribution in [-0.4, -0.2) is 14.1 Å². The number of aromatic nitrogens is 3. The Hall–Kier alpha value is -7.49. The van der Waals surface area contributed by atoms with Crippen LogP contribution >= 0.6 is 0 Å². The first kappa shape index (κ1) is 32.9. The summed E-state index contributed by atoms with van der Waals surface area (Å²) in [7, 11) is 0. The summed E-state index contributed by atoms with van der Waals surface area (Å²) in [6, 6.07) is 74.4. The third-order valence-corrected chi connectivity index (χ3v) is 11.4. The Kier molecular flexibility index (Phi) is 7.71. The normalized spacial score (nSPS) is 11.6. The highest BCUT2D eigenvalue weighted by atomic mass is 15.0. The molecule has 0 aliphatic rings. The third kappa shape index (κ3) is 5.63. The highest BCUT2D eigenvalue weighted by molar-refractivity contribution is 6.12. The zero-order valence-corrected chi connectivity index (χ0v) is 31.5. The van der Waals surface area contributed by atoms with E-state index in [4.69, 9.17) is 4.98 Å². The molecule has 3 aromatic heterocycles. The van der Waals surface area contributed by atoms with Gasteiger partial charge in [-0.25, -0.2) is 4.98 Å². The van der Waals surface area contributed by atoms with Gasteiger partial charge < -0.3 is 9.13 Å². The first-order chi connectivity index (χ1) is 28.2. The van der Waals surface area contributed by atoms with Crippen molar-refractivity contribution < 1.29 is 0 Å². The fourth-order valence-electron chi connectivity index (χ4n) is 8.57. The number of benzene rings is 8. The van der Waals surface area contributed by atoms with E-state index in [0.717, 1.165) is 33.8 Å². The zero-order valence-electron chi connectivity index (χ0n) is 31.5. The lowest BCUT2D eigenvalue weighted by Crippen LogP contribution is -1.95. The van der Waals surface area contributed by atoms with Crippen LogP contribution in [0, 0.1) is 6.92 Å². The molecule has 0 unspecified atom stereocenters. The van der Waals surface area contributed by atoms with Crippen LogP contribution < -0.4 is 0 Å². The minimum absolute atomic E-state index is 0.951. The second-order valence-electron chi connectivity index (χ2n) is 14.9. The first-order valence-electron chi connectivity index (χ1n) is 19.5. The lowest BCUT2D eigenvalue weighted by Gasteiger charge is -2.12. The standard InChI is InChI=1S/C54H37N3/c1-36-20-26-43(27-21-36)57-51-18-10-8-16-45(51)47-30-24-41(35-54(47)57)40-25-31-53-48(32-40)46-17-9-11-19-52(46)56(53)44-28-22-39(23-29-44)50-34-42(37-12-4-2-5-13-37)33-49(55-50)38-14-6-3-7-15-38/h2-35H,1H3. The molecule has 0 atom stereocenters. The zero-order chi connectivity index (χ0) is 37.9. The van der Waals surface area contributed by atoms with Crippen LogP contribution in [0.4, 0.5) is 0 Å². The fourth-order valence-corrected chi connectivity index (χ4v) is 8.57. The SMILES string of the molecule is Cc1ccc(-n2c3ccccc3c3ccc(-c4ccc5c(c4)c4ccccc4n5-c4ccc(-c5cc(-c6ccccc6)cc(-c6ccccc6)n5)cc4)cc32)cc1. The average molecular weight is 728 g/mol. The molecule has 0 saturated heterocycles. The molecule has 57 heavy (non-hydrogen) atoms. The summed E-state index contributed by atoms with van der Waals surface area (Å²) in [4.78, 5) is 5.18. The maximum absolute atomic E-state index is 5.18. The summed E-state index contributed by atoms with van der Waals surface area (Å²) >= 11 is 0. The van der Waals surface area contributed by atoms with E-state index in [0.29, 0.717) is 0 Å². The first-order valence-corrected chi connectivity index (χ1v) is 19.5. The van der Waals surface area contributed by atoms with Gasteiger partial charge in [-0.2, -0.15) is 0 Å². The predicted octanol–water partition coefficient (Wildman–Crippen LogP) is 14.3. The largest absolute Gasteiger partial charge is 0.309 e. The lowest BCUT2D eigenvalue weighted by atomic mass is 10.00. The molecule has 3 nitrogen and oxygen atoms in total. The smallest absolute Gasteiger partial charge is 0.0715 e. The van der Waals surface area contributed by atoms with Crippen LogP contribution in [-0.2, 0) is 0 Å². The number of para-hydroxylation sites is 2. The van der Waals surface area contributed by atoms with Gasteiger partial charge in [-0.3, -0.25) is 0 Å². The average Bonchev–Trinajstić information content (AvgIpc) is 3.79. The monoisotopic (exact) mass is 727 g/mol. The van der Waals surface area contributed by atoms with Crippen molar-refractivity contribution in [2.45, 2.75) is 6.92 Å². The third-order valence-electron chi connectivity index (χ3n) is 11.4. The molecule has 0 aliphatic heterocycles. The second kappa shape index (κ2) is 13.4. The number of fused-ring (bicyclic) bond motifs is 6. The quantitative estimate of drug-likeness (QED) is 0.167. The maximum Gasteiger partial charge on any atom is 0.0715 e. The van der Waals surface area contributed by atoms with Crippen LogP contribution in [0.1, 0.15) is 5.56 Å². The molecule has 268 valence electrons. The summed E-state index contributed by atoms with van der Waals surface area (Å²) < 4.78 is 4.79. The molecule has 0 aliphatic carbocycles. The lowest BCUT2D eigenvalue weighted by molar-refractivity contribution is 1.17. The van der Waals surface area contributed by atoms with Crippen molar-refractivity contribution >= 4 is 43.6 Å². The number of hydrogen-bond acceptors (Lipinski definition) is 1. The number of rotatable bonds is 6. The Labute approximate surface area is 331 Å². The van der Waals surface area contributed by atoms with Crippen molar-refractivity contribution in [3.8, 4) is 56.1 Å². The van der Waals surface area contributed by atoms with Gasteiger partial charge in [0.25, 0.3) is 0 Å². The van der Waals surface area contributed by atoms with Crippen molar-refractivity contribution in [2.24, 2.45) is 0 Å². The van der Waals surface area contributed by atoms with Gasteiger partial charge in [-0.15, -0.1) is 0 Å². The van der Waals surface area contributed by atoms with Gasteiger partial charge in [-0.05, 0) is 95.9 Å². The Balaban J connectivity index is 1.01. The summed E-state index contributed by atoms with van der Waals surface area (Å²) in [5.74, 6) is 0. The fraction of sp³-hybridized carbons (Fsp3) is 0.0185. The van der Waals surface area contributed by atoms with Gasteiger partial charge in [-0.1, -0.05) is 145 Å². The van der Waals surface area contributed by atoms with Gasteiger partial charge >= 0.3 is 0 Å². The van der Waals surface area contributed by atoms with E-state index in [-0.39, 0.29) is 0 Å². The molecule has 0 saturated carbocycles. The highest BCUT2D eigenvalue weighted by Crippen LogP contribution is 2.39. The van der Waals surface area contributed by atoms with E-state index in [2.05, 4.69) is 216 Å². The molecule has 0 N–H and O–H groups in total. The van der Waals surface area contributed by atoms with Gasteiger partial charge in [0, 0.05) is 44.0 Å². The molecule has 3 heterocycles. The van der Waals surface area contributed by atoms with E-state index in [9.17, 15) is 0 Å². The van der Waals surface area contributed by atoms with Crippen molar-refractivity contribution in [2.75, 3.05) is 0 Å². The summed E-state index contributed by atoms with van der Waals surface area (Å²) in [5, 5.41) is 4.99. The van der Waals surface area contributed by atoms with Crippen molar-refractivity contribution in [3.63, 3.8) is 0 Å². The molecule has 0 spiro atoms. The van der Waals surface area contributed by atoms with E-state index in [1.54, 1.807) is 0 Å². The van der Waals surface area contributed by atoms with E-state index < -0.39 is 0 Å². The topological polar surface area (TPSA) is 22.8 Å². The van der Waals surface area contributed by atoms with Gasteiger partial charge in [0.1, 0.15) is 0 Å². The summed E-state index contributed by atoms with van der Waals surface area (Å²) in [6.45, 7) is 2.14. The van der Waals surface area contributed by atoms with Crippen LogP contribution in [0.25, 0.3) is 99.8 Å². The van der Waals surface area contributed by atoms with Crippen LogP contribution in [0.3, 0.4) is 0 Å². The molecule has 11 rings (SSSR count). The predicted molar refractivity (Wildman–Crippen MR) is 239 cm³/mol. The van der Waals surface area contributed by atoms with E-state index in [1.165, 1.54) is 71.6 Å². The van der Waals surface area contributed by atoms with E-state index >= 15 is 0 Å². The molecule has 0 amide bonds. The maximum atomic E-state index is 5.18. The number of hydrogen-bond donors (Lipinski definition) is 0. The minimum atomic E-state index is 0.951. The van der Waals surface area contributed by atoms with Crippen molar-refractivity contribution in [1.82, 2.24) is 14.1 Å². The molecule has 0 bridgehead atoms.